The SMILES string of the molecule is Fc1cc(Cl)cnc1NCC1CCCCN1. The summed E-state index contributed by atoms with van der Waals surface area (Å²) in [4.78, 5) is 3.92. The summed E-state index contributed by atoms with van der Waals surface area (Å²) in [5.41, 5.74) is 0. The Bertz CT molecular complexity index is 353. The molecule has 0 aromatic carbocycles. The fourth-order valence-electron chi connectivity index (χ4n) is 1.86. The molecule has 1 aliphatic heterocycles. The maximum atomic E-state index is 13.4. The van der Waals surface area contributed by atoms with E-state index >= 15 is 0 Å². The Morgan fingerprint density at radius 3 is 3.12 bits per heavy atom. The van der Waals surface area contributed by atoms with Crippen molar-refractivity contribution in [3.05, 3.63) is 23.1 Å². The van der Waals surface area contributed by atoms with Crippen LogP contribution in [0, 0.1) is 5.82 Å². The molecule has 1 aliphatic rings. The van der Waals surface area contributed by atoms with Crippen molar-refractivity contribution in [2.24, 2.45) is 0 Å². The molecule has 16 heavy (non-hydrogen) atoms. The van der Waals surface area contributed by atoms with Gasteiger partial charge in [-0.15, -0.1) is 0 Å². The van der Waals surface area contributed by atoms with E-state index < -0.39 is 5.82 Å². The lowest BCUT2D eigenvalue weighted by Crippen LogP contribution is -2.39. The summed E-state index contributed by atoms with van der Waals surface area (Å²) in [6.07, 6.45) is 5.03. The normalized spacial score (nSPS) is 20.8. The molecule has 2 N–H and O–H groups in total. The maximum absolute atomic E-state index is 13.4. The fourth-order valence-corrected chi connectivity index (χ4v) is 2.01. The van der Waals surface area contributed by atoms with Crippen molar-refractivity contribution < 1.29 is 4.39 Å². The third-order valence-corrected chi connectivity index (χ3v) is 2.94. The molecule has 0 bridgehead atoms. The minimum absolute atomic E-state index is 0.275. The molecule has 0 aliphatic carbocycles. The predicted octanol–water partition coefficient (Wildman–Crippen LogP) is 2.43. The van der Waals surface area contributed by atoms with Gasteiger partial charge in [0.25, 0.3) is 0 Å². The van der Waals surface area contributed by atoms with Gasteiger partial charge in [0.05, 0.1) is 5.02 Å². The van der Waals surface area contributed by atoms with Crippen LogP contribution >= 0.6 is 11.6 Å². The number of hydrogen-bond acceptors (Lipinski definition) is 3. The highest BCUT2D eigenvalue weighted by atomic mass is 35.5. The number of nitrogens with zero attached hydrogens (tertiary/aromatic N) is 1. The zero-order chi connectivity index (χ0) is 11.4. The summed E-state index contributed by atoms with van der Waals surface area (Å²) in [6.45, 7) is 1.74. The molecule has 88 valence electrons. The van der Waals surface area contributed by atoms with Gasteiger partial charge in [0, 0.05) is 18.8 Å². The van der Waals surface area contributed by atoms with E-state index in [-0.39, 0.29) is 5.82 Å². The molecule has 5 heteroatoms. The number of anilines is 1. The number of hydrogen-bond donors (Lipinski definition) is 2. The van der Waals surface area contributed by atoms with Crippen LogP contribution in [-0.2, 0) is 0 Å². The maximum Gasteiger partial charge on any atom is 0.166 e. The number of aromatic nitrogens is 1. The Balaban J connectivity index is 1.88. The van der Waals surface area contributed by atoms with Crippen LogP contribution in [-0.4, -0.2) is 24.1 Å². The Morgan fingerprint density at radius 2 is 2.44 bits per heavy atom. The molecule has 1 unspecified atom stereocenters. The smallest absolute Gasteiger partial charge is 0.166 e. The second-order valence-electron chi connectivity index (χ2n) is 4.01. The molecule has 2 rings (SSSR count). The number of halogens is 2. The molecule has 0 saturated carbocycles. The molecule has 2 heterocycles. The Morgan fingerprint density at radius 1 is 1.56 bits per heavy atom. The van der Waals surface area contributed by atoms with E-state index in [9.17, 15) is 4.39 Å². The van der Waals surface area contributed by atoms with Gasteiger partial charge in [-0.25, -0.2) is 9.37 Å². The first-order chi connectivity index (χ1) is 7.75. The van der Waals surface area contributed by atoms with Gasteiger partial charge in [0.15, 0.2) is 11.6 Å². The molecule has 1 saturated heterocycles. The second kappa shape index (κ2) is 5.46. The minimum Gasteiger partial charge on any atom is -0.366 e. The van der Waals surface area contributed by atoms with Crippen molar-refractivity contribution in [2.45, 2.75) is 25.3 Å². The van der Waals surface area contributed by atoms with Gasteiger partial charge in [-0.2, -0.15) is 0 Å². The van der Waals surface area contributed by atoms with E-state index in [0.29, 0.717) is 17.6 Å². The molecule has 0 amide bonds. The fraction of sp³-hybridized carbons (Fsp3) is 0.545. The monoisotopic (exact) mass is 243 g/mol. The Kier molecular flexibility index (Phi) is 3.96. The van der Waals surface area contributed by atoms with Gasteiger partial charge in [0.1, 0.15) is 0 Å². The van der Waals surface area contributed by atoms with E-state index in [4.69, 9.17) is 11.6 Å². The Hall–Kier alpha value is -0.870. The van der Waals surface area contributed by atoms with Crippen LogP contribution in [0.3, 0.4) is 0 Å². The van der Waals surface area contributed by atoms with Crippen LogP contribution in [0.25, 0.3) is 0 Å². The molecule has 1 aromatic rings. The topological polar surface area (TPSA) is 37.0 Å². The van der Waals surface area contributed by atoms with E-state index in [1.807, 2.05) is 0 Å². The van der Waals surface area contributed by atoms with Gasteiger partial charge in [0.2, 0.25) is 0 Å². The zero-order valence-corrected chi connectivity index (χ0v) is 9.73. The van der Waals surface area contributed by atoms with Crippen LogP contribution in [0.4, 0.5) is 10.2 Å². The van der Waals surface area contributed by atoms with Crippen molar-refractivity contribution in [1.82, 2.24) is 10.3 Å². The van der Waals surface area contributed by atoms with Crippen molar-refractivity contribution in [3.8, 4) is 0 Å². The lowest BCUT2D eigenvalue weighted by Gasteiger charge is -2.23. The molecular weight excluding hydrogens is 229 g/mol. The number of piperidine rings is 1. The van der Waals surface area contributed by atoms with Gasteiger partial charge in [-0.05, 0) is 25.5 Å². The van der Waals surface area contributed by atoms with Gasteiger partial charge < -0.3 is 10.6 Å². The molecule has 1 atom stereocenters. The van der Waals surface area contributed by atoms with E-state index in [1.54, 1.807) is 0 Å². The summed E-state index contributed by atoms with van der Waals surface area (Å²) >= 11 is 5.62. The molecule has 3 nitrogen and oxygen atoms in total. The van der Waals surface area contributed by atoms with Crippen LogP contribution in [0.1, 0.15) is 19.3 Å². The predicted molar refractivity (Wildman–Crippen MR) is 63.3 cm³/mol. The van der Waals surface area contributed by atoms with E-state index in [0.717, 1.165) is 13.0 Å². The summed E-state index contributed by atoms with van der Waals surface area (Å²) in [6, 6.07) is 1.68. The van der Waals surface area contributed by atoms with Gasteiger partial charge >= 0.3 is 0 Å². The van der Waals surface area contributed by atoms with Crippen LogP contribution < -0.4 is 10.6 Å². The van der Waals surface area contributed by atoms with Gasteiger partial charge in [-0.3, -0.25) is 0 Å². The number of nitrogens with one attached hydrogen (secondary N) is 2. The first-order valence-corrected chi connectivity index (χ1v) is 5.92. The molecule has 1 fully saturated rings. The summed E-state index contributed by atoms with van der Waals surface area (Å²) in [5.74, 6) is -0.125. The van der Waals surface area contributed by atoms with Crippen molar-refractivity contribution in [1.29, 1.82) is 0 Å². The highest BCUT2D eigenvalue weighted by Gasteiger charge is 2.13. The van der Waals surface area contributed by atoms with Gasteiger partial charge in [-0.1, -0.05) is 18.0 Å². The largest absolute Gasteiger partial charge is 0.366 e. The number of rotatable bonds is 3. The molecular formula is C11H15ClFN3. The standard InChI is InChI=1S/C11H15ClFN3/c12-8-5-10(13)11(15-6-8)16-7-9-3-1-2-4-14-9/h5-6,9,14H,1-4,7H2,(H,15,16). The molecule has 0 radical (unpaired) electrons. The van der Waals surface area contributed by atoms with Crippen LogP contribution in [0.2, 0.25) is 5.02 Å². The zero-order valence-electron chi connectivity index (χ0n) is 8.97. The molecule has 1 aromatic heterocycles. The summed E-state index contributed by atoms with van der Waals surface area (Å²) in [7, 11) is 0. The highest BCUT2D eigenvalue weighted by molar-refractivity contribution is 6.30. The van der Waals surface area contributed by atoms with Crippen LogP contribution in [0.15, 0.2) is 12.3 Å². The Labute approximate surface area is 99.4 Å². The molecule has 0 spiro atoms. The van der Waals surface area contributed by atoms with Crippen molar-refractivity contribution >= 4 is 17.4 Å². The quantitative estimate of drug-likeness (QED) is 0.856. The second-order valence-corrected chi connectivity index (χ2v) is 4.45. The lowest BCUT2D eigenvalue weighted by molar-refractivity contribution is 0.413. The van der Waals surface area contributed by atoms with E-state index in [2.05, 4.69) is 15.6 Å². The first-order valence-electron chi connectivity index (χ1n) is 5.54. The highest BCUT2D eigenvalue weighted by Crippen LogP contribution is 2.16. The van der Waals surface area contributed by atoms with Crippen molar-refractivity contribution in [3.63, 3.8) is 0 Å². The van der Waals surface area contributed by atoms with Crippen LogP contribution in [0.5, 0.6) is 0 Å². The summed E-state index contributed by atoms with van der Waals surface area (Å²) in [5, 5.41) is 6.70. The summed E-state index contributed by atoms with van der Waals surface area (Å²) < 4.78 is 13.4. The third-order valence-electron chi connectivity index (χ3n) is 2.74. The number of pyridine rings is 1. The first kappa shape index (κ1) is 11.6. The van der Waals surface area contributed by atoms with Crippen molar-refractivity contribution in [2.75, 3.05) is 18.4 Å². The lowest BCUT2D eigenvalue weighted by atomic mass is 10.1. The minimum atomic E-state index is -0.400. The average molecular weight is 244 g/mol. The average Bonchev–Trinajstić information content (AvgIpc) is 2.29. The van der Waals surface area contributed by atoms with E-state index in [1.165, 1.54) is 25.1 Å². The third kappa shape index (κ3) is 3.06.